The van der Waals surface area contributed by atoms with Crippen molar-refractivity contribution < 1.29 is 14.3 Å². The molecule has 1 aromatic carbocycles. The van der Waals surface area contributed by atoms with Crippen molar-refractivity contribution in [3.8, 4) is 5.75 Å². The van der Waals surface area contributed by atoms with E-state index in [2.05, 4.69) is 10.9 Å². The maximum Gasteiger partial charge on any atom is 0.276 e. The number of amides is 2. The lowest BCUT2D eigenvalue weighted by Crippen LogP contribution is -2.44. The van der Waals surface area contributed by atoms with Crippen molar-refractivity contribution >= 4 is 11.8 Å². The van der Waals surface area contributed by atoms with Gasteiger partial charge in [-0.2, -0.15) is 0 Å². The van der Waals surface area contributed by atoms with Gasteiger partial charge in [0, 0.05) is 5.92 Å². The third-order valence-corrected chi connectivity index (χ3v) is 2.99. The first-order valence-electron chi connectivity index (χ1n) is 6.50. The second-order valence-electron chi connectivity index (χ2n) is 4.56. The number of hydrogen-bond donors (Lipinski definition) is 2. The van der Waals surface area contributed by atoms with Gasteiger partial charge in [-0.3, -0.25) is 20.4 Å². The average molecular weight is 262 g/mol. The lowest BCUT2D eigenvalue weighted by molar-refractivity contribution is -0.130. The van der Waals surface area contributed by atoms with E-state index in [-0.39, 0.29) is 24.3 Å². The maximum absolute atomic E-state index is 11.5. The number of nitrogens with one attached hydrogen (secondary N) is 2. The minimum atomic E-state index is -0.361. The SMILES string of the molecule is CCc1ccccc1OCC(=O)NNC(=O)C1CC1. The number of para-hydroxylation sites is 1. The van der Waals surface area contributed by atoms with E-state index in [9.17, 15) is 9.59 Å². The third-order valence-electron chi connectivity index (χ3n) is 2.99. The van der Waals surface area contributed by atoms with E-state index < -0.39 is 0 Å². The predicted molar refractivity (Wildman–Crippen MR) is 70.3 cm³/mol. The van der Waals surface area contributed by atoms with Crippen molar-refractivity contribution in [2.75, 3.05) is 6.61 Å². The number of aryl methyl sites for hydroxylation is 1. The van der Waals surface area contributed by atoms with Gasteiger partial charge in [0.25, 0.3) is 5.91 Å². The first-order valence-corrected chi connectivity index (χ1v) is 6.50. The van der Waals surface area contributed by atoms with Gasteiger partial charge in [-0.25, -0.2) is 0 Å². The van der Waals surface area contributed by atoms with Crippen LogP contribution in [0.1, 0.15) is 25.3 Å². The fourth-order valence-electron chi connectivity index (χ4n) is 1.70. The molecule has 5 heteroatoms. The molecule has 0 spiro atoms. The van der Waals surface area contributed by atoms with Crippen molar-refractivity contribution in [1.82, 2.24) is 10.9 Å². The molecule has 2 rings (SSSR count). The van der Waals surface area contributed by atoms with Crippen molar-refractivity contribution in [3.63, 3.8) is 0 Å². The van der Waals surface area contributed by atoms with Gasteiger partial charge in [-0.1, -0.05) is 25.1 Å². The molecule has 0 unspecified atom stereocenters. The highest BCUT2D eigenvalue weighted by atomic mass is 16.5. The van der Waals surface area contributed by atoms with Crippen LogP contribution in [-0.2, 0) is 16.0 Å². The molecule has 19 heavy (non-hydrogen) atoms. The van der Waals surface area contributed by atoms with Crippen LogP contribution in [0.25, 0.3) is 0 Å². The Labute approximate surface area is 112 Å². The Morgan fingerprint density at radius 2 is 2.00 bits per heavy atom. The summed E-state index contributed by atoms with van der Waals surface area (Å²) in [6.07, 6.45) is 2.65. The average Bonchev–Trinajstić information content (AvgIpc) is 3.27. The van der Waals surface area contributed by atoms with Gasteiger partial charge in [-0.05, 0) is 30.9 Å². The molecule has 0 saturated heterocycles. The zero-order valence-electron chi connectivity index (χ0n) is 10.9. The van der Waals surface area contributed by atoms with Crippen molar-refractivity contribution in [1.29, 1.82) is 0 Å². The summed E-state index contributed by atoms with van der Waals surface area (Å²) in [5.74, 6) is 0.290. The Balaban J connectivity index is 1.74. The number of benzene rings is 1. The predicted octanol–water partition coefficient (Wildman–Crippen LogP) is 1.19. The van der Waals surface area contributed by atoms with Crippen LogP contribution in [0, 0.1) is 5.92 Å². The summed E-state index contributed by atoms with van der Waals surface area (Å²) in [5, 5.41) is 0. The molecule has 2 amide bonds. The van der Waals surface area contributed by atoms with E-state index in [0.717, 1.165) is 24.8 Å². The lowest BCUT2D eigenvalue weighted by Gasteiger charge is -2.10. The smallest absolute Gasteiger partial charge is 0.276 e. The Morgan fingerprint density at radius 1 is 1.26 bits per heavy atom. The minimum Gasteiger partial charge on any atom is -0.483 e. The standard InChI is InChI=1S/C14H18N2O3/c1-2-10-5-3-4-6-12(10)19-9-13(17)15-16-14(18)11-7-8-11/h3-6,11H,2,7-9H2,1H3,(H,15,17)(H,16,18). The van der Waals surface area contributed by atoms with E-state index in [1.807, 2.05) is 31.2 Å². The molecule has 0 atom stereocenters. The van der Waals surface area contributed by atoms with Crippen LogP contribution in [0.5, 0.6) is 5.75 Å². The Hall–Kier alpha value is -2.04. The zero-order chi connectivity index (χ0) is 13.7. The molecule has 0 bridgehead atoms. The molecular weight excluding hydrogens is 244 g/mol. The highest BCUT2D eigenvalue weighted by Crippen LogP contribution is 2.28. The molecule has 5 nitrogen and oxygen atoms in total. The largest absolute Gasteiger partial charge is 0.483 e. The van der Waals surface area contributed by atoms with Crippen LogP contribution >= 0.6 is 0 Å². The van der Waals surface area contributed by atoms with Gasteiger partial charge in [0.15, 0.2) is 6.61 Å². The number of hydrogen-bond acceptors (Lipinski definition) is 3. The quantitative estimate of drug-likeness (QED) is 0.783. The topological polar surface area (TPSA) is 67.4 Å². The van der Waals surface area contributed by atoms with Crippen LogP contribution in [0.2, 0.25) is 0 Å². The molecule has 1 saturated carbocycles. The van der Waals surface area contributed by atoms with Crippen molar-refractivity contribution in [2.45, 2.75) is 26.2 Å². The highest BCUT2D eigenvalue weighted by molar-refractivity contribution is 5.85. The summed E-state index contributed by atoms with van der Waals surface area (Å²) in [4.78, 5) is 22.8. The minimum absolute atomic E-state index is 0.0713. The second kappa shape index (κ2) is 6.22. The summed E-state index contributed by atoms with van der Waals surface area (Å²) in [6, 6.07) is 7.58. The molecule has 0 heterocycles. The molecule has 2 N–H and O–H groups in total. The highest BCUT2D eigenvalue weighted by Gasteiger charge is 2.29. The van der Waals surface area contributed by atoms with E-state index in [0.29, 0.717) is 5.75 Å². The molecule has 102 valence electrons. The number of hydrazine groups is 1. The number of carbonyl (C=O) groups is 2. The second-order valence-corrected chi connectivity index (χ2v) is 4.56. The van der Waals surface area contributed by atoms with Gasteiger partial charge in [0.05, 0.1) is 0 Å². The fourth-order valence-corrected chi connectivity index (χ4v) is 1.70. The van der Waals surface area contributed by atoms with E-state index in [1.165, 1.54) is 0 Å². The first kappa shape index (κ1) is 13.4. The van der Waals surface area contributed by atoms with Gasteiger partial charge in [-0.15, -0.1) is 0 Å². The van der Waals surface area contributed by atoms with Gasteiger partial charge >= 0.3 is 0 Å². The molecule has 0 radical (unpaired) electrons. The van der Waals surface area contributed by atoms with Crippen LogP contribution in [0.4, 0.5) is 0 Å². The summed E-state index contributed by atoms with van der Waals surface area (Å²) in [7, 11) is 0. The monoisotopic (exact) mass is 262 g/mol. The molecule has 0 aromatic heterocycles. The van der Waals surface area contributed by atoms with Crippen LogP contribution < -0.4 is 15.6 Å². The maximum atomic E-state index is 11.5. The van der Waals surface area contributed by atoms with Crippen LogP contribution in [0.15, 0.2) is 24.3 Å². The summed E-state index contributed by atoms with van der Waals surface area (Å²) >= 11 is 0. The van der Waals surface area contributed by atoms with E-state index in [4.69, 9.17) is 4.74 Å². The zero-order valence-corrected chi connectivity index (χ0v) is 10.9. The summed E-state index contributed by atoms with van der Waals surface area (Å²) in [5.41, 5.74) is 5.79. The van der Waals surface area contributed by atoms with Crippen LogP contribution in [-0.4, -0.2) is 18.4 Å². The number of rotatable bonds is 5. The van der Waals surface area contributed by atoms with Crippen molar-refractivity contribution in [2.24, 2.45) is 5.92 Å². The Kier molecular flexibility index (Phi) is 4.39. The molecular formula is C14H18N2O3. The van der Waals surface area contributed by atoms with Crippen LogP contribution in [0.3, 0.4) is 0 Å². The molecule has 1 aliphatic rings. The van der Waals surface area contributed by atoms with E-state index in [1.54, 1.807) is 0 Å². The Morgan fingerprint density at radius 3 is 2.68 bits per heavy atom. The van der Waals surface area contributed by atoms with Gasteiger partial charge in [0.2, 0.25) is 5.91 Å². The number of carbonyl (C=O) groups excluding carboxylic acids is 2. The Bertz CT molecular complexity index is 470. The lowest BCUT2D eigenvalue weighted by atomic mass is 10.1. The molecule has 1 aromatic rings. The molecule has 1 aliphatic carbocycles. The fraction of sp³-hybridized carbons (Fsp3) is 0.429. The van der Waals surface area contributed by atoms with Gasteiger partial charge in [0.1, 0.15) is 5.75 Å². The number of ether oxygens (including phenoxy) is 1. The summed E-state index contributed by atoms with van der Waals surface area (Å²) in [6.45, 7) is 1.92. The van der Waals surface area contributed by atoms with Crippen molar-refractivity contribution in [3.05, 3.63) is 29.8 Å². The normalized spacial score (nSPS) is 13.7. The summed E-state index contributed by atoms with van der Waals surface area (Å²) < 4.78 is 5.43. The first-order chi connectivity index (χ1) is 9.20. The molecule has 1 fully saturated rings. The molecule has 0 aliphatic heterocycles. The third kappa shape index (κ3) is 3.98. The van der Waals surface area contributed by atoms with E-state index >= 15 is 0 Å². The van der Waals surface area contributed by atoms with Gasteiger partial charge < -0.3 is 4.74 Å².